The van der Waals surface area contributed by atoms with E-state index >= 15 is 0 Å². The molecule has 0 aliphatic heterocycles. The first kappa shape index (κ1) is 14.7. The Bertz CT molecular complexity index is 134. The summed E-state index contributed by atoms with van der Waals surface area (Å²) < 4.78 is 32.1. The van der Waals surface area contributed by atoms with Crippen molar-refractivity contribution in [2.75, 3.05) is 13.1 Å². The summed E-state index contributed by atoms with van der Waals surface area (Å²) >= 11 is 0. The largest absolute Gasteiger partial charge is 0.470 e. The first-order valence-electron chi connectivity index (χ1n) is 3.63. The molecule has 0 rings (SSSR count). The minimum atomic E-state index is -4.86. The van der Waals surface area contributed by atoms with E-state index in [-0.39, 0.29) is 0 Å². The number of amides is 1. The van der Waals surface area contributed by atoms with Gasteiger partial charge < -0.3 is 17.2 Å². The molecule has 80 valence electrons. The number of hydrogen-bond acceptors (Lipinski definition) is 3. The average Bonchev–Trinajstić information content (AvgIpc) is 2.00. The SMILES string of the molecule is NC(=O)C(F)(F)F.NCCCCN. The topological polar surface area (TPSA) is 95.1 Å². The van der Waals surface area contributed by atoms with Crippen LogP contribution in [0.15, 0.2) is 0 Å². The summed E-state index contributed by atoms with van der Waals surface area (Å²) in [4.78, 5) is 9.12. The highest BCUT2D eigenvalue weighted by Crippen LogP contribution is 2.11. The van der Waals surface area contributed by atoms with E-state index in [1.807, 2.05) is 0 Å². The van der Waals surface area contributed by atoms with Crippen molar-refractivity contribution in [1.29, 1.82) is 0 Å². The van der Waals surface area contributed by atoms with E-state index in [1.165, 1.54) is 0 Å². The van der Waals surface area contributed by atoms with E-state index in [9.17, 15) is 13.2 Å². The van der Waals surface area contributed by atoms with Gasteiger partial charge in [-0.3, -0.25) is 4.79 Å². The van der Waals surface area contributed by atoms with Crippen molar-refractivity contribution in [1.82, 2.24) is 0 Å². The lowest BCUT2D eigenvalue weighted by Gasteiger charge is -1.95. The molecule has 0 radical (unpaired) electrons. The number of alkyl halides is 3. The predicted octanol–water partition coefficient (Wildman–Crippen LogP) is -0.282. The Morgan fingerprint density at radius 3 is 1.38 bits per heavy atom. The quantitative estimate of drug-likeness (QED) is 0.548. The van der Waals surface area contributed by atoms with Crippen molar-refractivity contribution in [3.63, 3.8) is 0 Å². The molecule has 0 atom stereocenters. The molecule has 0 saturated carbocycles. The third kappa shape index (κ3) is 14.1. The van der Waals surface area contributed by atoms with Crippen molar-refractivity contribution >= 4 is 5.91 Å². The maximum atomic E-state index is 10.7. The summed E-state index contributed by atoms with van der Waals surface area (Å²) in [5, 5.41) is 0. The number of nitrogens with two attached hydrogens (primary N) is 3. The highest BCUT2D eigenvalue weighted by atomic mass is 19.4. The van der Waals surface area contributed by atoms with E-state index < -0.39 is 12.1 Å². The van der Waals surface area contributed by atoms with Crippen molar-refractivity contribution in [2.24, 2.45) is 17.2 Å². The number of hydrogen-bond donors (Lipinski definition) is 3. The van der Waals surface area contributed by atoms with E-state index in [1.54, 1.807) is 0 Å². The van der Waals surface area contributed by atoms with Crippen LogP contribution < -0.4 is 17.2 Å². The van der Waals surface area contributed by atoms with E-state index in [0.29, 0.717) is 0 Å². The van der Waals surface area contributed by atoms with Crippen LogP contribution in [0.4, 0.5) is 13.2 Å². The monoisotopic (exact) mass is 201 g/mol. The highest BCUT2D eigenvalue weighted by Gasteiger charge is 2.35. The van der Waals surface area contributed by atoms with Crippen molar-refractivity contribution < 1.29 is 18.0 Å². The maximum Gasteiger partial charge on any atom is 0.470 e. The molecule has 0 aliphatic rings. The molecule has 4 nitrogen and oxygen atoms in total. The van der Waals surface area contributed by atoms with Gasteiger partial charge in [0.1, 0.15) is 0 Å². The van der Waals surface area contributed by atoms with E-state index in [4.69, 9.17) is 16.3 Å². The summed E-state index contributed by atoms with van der Waals surface area (Å²) in [6.07, 6.45) is -2.73. The Kier molecular flexibility index (Phi) is 8.83. The van der Waals surface area contributed by atoms with Gasteiger partial charge in [0.25, 0.3) is 0 Å². The molecule has 1 amide bonds. The van der Waals surface area contributed by atoms with Crippen molar-refractivity contribution in [2.45, 2.75) is 19.0 Å². The van der Waals surface area contributed by atoms with Gasteiger partial charge in [0.05, 0.1) is 0 Å². The molecule has 0 heterocycles. The molecular formula is C6H14F3N3O. The second-order valence-electron chi connectivity index (χ2n) is 2.15. The molecule has 0 fully saturated rings. The maximum absolute atomic E-state index is 10.7. The molecule has 0 saturated heterocycles. The van der Waals surface area contributed by atoms with Gasteiger partial charge in [-0.2, -0.15) is 13.2 Å². The van der Waals surface area contributed by atoms with Crippen LogP contribution >= 0.6 is 0 Å². The van der Waals surface area contributed by atoms with Gasteiger partial charge in [-0.15, -0.1) is 0 Å². The van der Waals surface area contributed by atoms with Gasteiger partial charge in [-0.05, 0) is 25.9 Å². The van der Waals surface area contributed by atoms with Gasteiger partial charge in [-0.1, -0.05) is 0 Å². The zero-order chi connectivity index (χ0) is 10.9. The van der Waals surface area contributed by atoms with E-state index in [2.05, 4.69) is 5.73 Å². The van der Waals surface area contributed by atoms with Crippen molar-refractivity contribution in [3.8, 4) is 0 Å². The van der Waals surface area contributed by atoms with Gasteiger partial charge >= 0.3 is 12.1 Å². The lowest BCUT2D eigenvalue weighted by molar-refractivity contribution is -0.169. The zero-order valence-electron chi connectivity index (χ0n) is 7.10. The average molecular weight is 201 g/mol. The second-order valence-corrected chi connectivity index (χ2v) is 2.15. The van der Waals surface area contributed by atoms with Gasteiger partial charge in [0.2, 0.25) is 0 Å². The fourth-order valence-electron chi connectivity index (χ4n) is 0.289. The summed E-state index contributed by atoms with van der Waals surface area (Å²) in [6, 6.07) is 0. The fraction of sp³-hybridized carbons (Fsp3) is 0.833. The summed E-state index contributed by atoms with van der Waals surface area (Å²) in [6.45, 7) is 1.55. The van der Waals surface area contributed by atoms with Crippen LogP contribution in [0.2, 0.25) is 0 Å². The summed E-state index contributed by atoms with van der Waals surface area (Å²) in [7, 11) is 0. The van der Waals surface area contributed by atoms with Crippen LogP contribution in [0.25, 0.3) is 0 Å². The molecule has 0 aromatic heterocycles. The number of unbranched alkanes of at least 4 members (excludes halogenated alkanes) is 1. The van der Waals surface area contributed by atoms with Crippen LogP contribution in [-0.2, 0) is 4.79 Å². The minimum Gasteiger partial charge on any atom is -0.362 e. The Morgan fingerprint density at radius 2 is 1.31 bits per heavy atom. The molecular weight excluding hydrogens is 187 g/mol. The number of halogens is 3. The third-order valence-corrected chi connectivity index (χ3v) is 0.938. The zero-order valence-corrected chi connectivity index (χ0v) is 7.10. The molecule has 13 heavy (non-hydrogen) atoms. The smallest absolute Gasteiger partial charge is 0.362 e. The minimum absolute atomic E-state index is 0.775. The van der Waals surface area contributed by atoms with Crippen LogP contribution in [-0.4, -0.2) is 25.2 Å². The Morgan fingerprint density at radius 1 is 1.08 bits per heavy atom. The Labute approximate surface area is 74.2 Å². The molecule has 6 N–H and O–H groups in total. The van der Waals surface area contributed by atoms with Crippen LogP contribution in [0.5, 0.6) is 0 Å². The molecule has 7 heteroatoms. The van der Waals surface area contributed by atoms with Gasteiger partial charge in [-0.25, -0.2) is 0 Å². The van der Waals surface area contributed by atoms with Gasteiger partial charge in [0.15, 0.2) is 0 Å². The summed E-state index contributed by atoms with van der Waals surface area (Å²) in [5.41, 5.74) is 14.1. The first-order valence-corrected chi connectivity index (χ1v) is 3.63. The summed E-state index contributed by atoms with van der Waals surface area (Å²) in [5.74, 6) is -2.26. The lowest BCUT2D eigenvalue weighted by atomic mass is 10.3. The molecule has 0 aliphatic carbocycles. The molecule has 0 unspecified atom stereocenters. The van der Waals surface area contributed by atoms with Crippen molar-refractivity contribution in [3.05, 3.63) is 0 Å². The standard InChI is InChI=1S/C4H12N2.C2H2F3NO/c5-3-1-2-4-6;3-2(4,5)1(6)7/h1-6H2;(H2,6,7). The molecule has 0 spiro atoms. The Balaban J connectivity index is 0. The number of rotatable bonds is 3. The third-order valence-electron chi connectivity index (χ3n) is 0.938. The molecule has 0 aromatic rings. The highest BCUT2D eigenvalue weighted by molar-refractivity contribution is 5.79. The number of carbonyl (C=O) groups excluding carboxylic acids is 1. The molecule has 0 aromatic carbocycles. The Hall–Kier alpha value is -0.820. The fourth-order valence-corrected chi connectivity index (χ4v) is 0.289. The number of primary amides is 1. The predicted molar refractivity (Wildman–Crippen MR) is 42.6 cm³/mol. The van der Waals surface area contributed by atoms with Crippen LogP contribution in [0, 0.1) is 0 Å². The van der Waals surface area contributed by atoms with Crippen LogP contribution in [0.3, 0.4) is 0 Å². The molecule has 0 bridgehead atoms. The second kappa shape index (κ2) is 7.81. The van der Waals surface area contributed by atoms with Gasteiger partial charge in [0, 0.05) is 0 Å². The lowest BCUT2D eigenvalue weighted by Crippen LogP contribution is -2.30. The van der Waals surface area contributed by atoms with Crippen LogP contribution in [0.1, 0.15) is 12.8 Å². The number of carbonyl (C=O) groups is 1. The first-order chi connectivity index (χ1) is 5.86. The van der Waals surface area contributed by atoms with E-state index in [0.717, 1.165) is 25.9 Å². The normalized spacial score (nSPS) is 10.2.